The number of terminal acetylenes is 1. The molecule has 1 aromatic carbocycles. The van der Waals surface area contributed by atoms with Crippen molar-refractivity contribution >= 4 is 27.3 Å². The van der Waals surface area contributed by atoms with Gasteiger partial charge >= 0.3 is 0 Å². The van der Waals surface area contributed by atoms with E-state index in [1.165, 1.54) is 0 Å². The molecule has 0 saturated heterocycles. The fraction of sp³-hybridized carbons (Fsp3) is 0.474. The Morgan fingerprint density at radius 3 is 2.61 bits per heavy atom. The van der Waals surface area contributed by atoms with Crippen LogP contribution in [0, 0.1) is 24.2 Å². The molecule has 23 heavy (non-hydrogen) atoms. The van der Waals surface area contributed by atoms with Gasteiger partial charge in [0.1, 0.15) is 17.3 Å². The number of hydrogen-bond donors (Lipinski definition) is 0. The van der Waals surface area contributed by atoms with Gasteiger partial charge in [0.05, 0.1) is 0 Å². The Morgan fingerprint density at radius 1 is 1.39 bits per heavy atom. The van der Waals surface area contributed by atoms with Gasteiger partial charge in [-0.25, -0.2) is 0 Å². The number of halogens is 1. The monoisotopic (exact) mass is 393 g/mol. The molecule has 0 aliphatic rings. The highest BCUT2D eigenvalue weighted by molar-refractivity contribution is 9.10. The first-order valence-corrected chi connectivity index (χ1v) is 9.58. The van der Waals surface area contributed by atoms with Gasteiger partial charge in [-0.05, 0) is 45.4 Å². The van der Waals surface area contributed by atoms with Crippen LogP contribution in [0.1, 0.15) is 46.1 Å². The molecule has 1 aromatic rings. The van der Waals surface area contributed by atoms with Gasteiger partial charge < -0.3 is 4.55 Å². The van der Waals surface area contributed by atoms with E-state index in [4.69, 9.17) is 6.42 Å². The van der Waals surface area contributed by atoms with Crippen molar-refractivity contribution in [1.82, 2.24) is 4.31 Å². The van der Waals surface area contributed by atoms with E-state index in [-0.39, 0.29) is 10.8 Å². The van der Waals surface area contributed by atoms with Gasteiger partial charge in [0.2, 0.25) is 0 Å². The van der Waals surface area contributed by atoms with E-state index in [0.717, 1.165) is 22.9 Å². The number of hydrogen-bond acceptors (Lipinski definition) is 2. The predicted molar refractivity (Wildman–Crippen MR) is 103 cm³/mol. The van der Waals surface area contributed by atoms with E-state index in [1.54, 1.807) is 0 Å². The average molecular weight is 394 g/mol. The summed E-state index contributed by atoms with van der Waals surface area (Å²) < 4.78 is 15.3. The summed E-state index contributed by atoms with van der Waals surface area (Å²) in [5.74, 6) is 9.08. The summed E-state index contributed by atoms with van der Waals surface area (Å²) in [6, 6.07) is 7.74. The lowest BCUT2D eigenvalue weighted by Crippen LogP contribution is -2.48. The Kier molecular flexibility index (Phi) is 8.23. The Morgan fingerprint density at radius 2 is 2.09 bits per heavy atom. The highest BCUT2D eigenvalue weighted by atomic mass is 79.9. The van der Waals surface area contributed by atoms with Crippen molar-refractivity contribution in [1.29, 1.82) is 0 Å². The molecule has 0 amide bonds. The molecule has 0 aliphatic heterocycles. The average Bonchev–Trinajstić information content (AvgIpc) is 2.48. The normalized spacial score (nSPS) is 13.8. The van der Waals surface area contributed by atoms with Gasteiger partial charge in [-0.15, -0.1) is 10.7 Å². The van der Waals surface area contributed by atoms with Crippen LogP contribution in [0.3, 0.4) is 0 Å². The van der Waals surface area contributed by atoms with E-state index >= 15 is 0 Å². The highest BCUT2D eigenvalue weighted by Crippen LogP contribution is 2.23. The smallest absolute Gasteiger partial charge is 0.137 e. The molecule has 1 rings (SSSR count). The molecule has 0 N–H and O–H groups in total. The Hall–Kier alpha value is -0.910. The zero-order chi connectivity index (χ0) is 17.5. The summed E-state index contributed by atoms with van der Waals surface area (Å²) in [5, 5.41) is 0. The maximum absolute atomic E-state index is 12.8. The first-order valence-electron chi connectivity index (χ1n) is 7.68. The fourth-order valence-electron chi connectivity index (χ4n) is 2.02. The molecule has 0 spiro atoms. The zero-order valence-corrected chi connectivity index (χ0v) is 16.6. The third-order valence-electron chi connectivity index (χ3n) is 3.10. The van der Waals surface area contributed by atoms with Gasteiger partial charge in [0.25, 0.3) is 0 Å². The third kappa shape index (κ3) is 6.61. The number of benzene rings is 1. The minimum Gasteiger partial charge on any atom is -0.597 e. The van der Waals surface area contributed by atoms with Gasteiger partial charge in [0, 0.05) is 21.4 Å². The van der Waals surface area contributed by atoms with Crippen LogP contribution >= 0.6 is 15.9 Å². The van der Waals surface area contributed by atoms with E-state index in [2.05, 4.69) is 40.6 Å². The summed E-state index contributed by atoms with van der Waals surface area (Å²) in [6.45, 7) is 8.30. The minimum atomic E-state index is -1.19. The standard InChI is InChI=1S/C19H24BrNOS/c1-6-9-18(13-12-16-10-8-11-17(20)15-16)21(14-7-2)23(22)19(3,4)5/h2,8,10-11,15,18H,6,9,14H2,1,3-5H3/t18-,23?/m1/s1. The van der Waals surface area contributed by atoms with Crippen LogP contribution in [0.4, 0.5) is 0 Å². The van der Waals surface area contributed by atoms with Gasteiger partial charge in [0.15, 0.2) is 0 Å². The van der Waals surface area contributed by atoms with E-state index in [0.29, 0.717) is 6.54 Å². The highest BCUT2D eigenvalue weighted by Gasteiger charge is 2.36. The molecule has 0 aliphatic carbocycles. The Labute approximate surface area is 152 Å². The SMILES string of the molecule is C#CCN([C@@H](C#Cc1cccc(Br)c1)CCC)[S+]([O-])C(C)(C)C. The summed E-state index contributed by atoms with van der Waals surface area (Å²) >= 11 is 2.26. The van der Waals surface area contributed by atoms with E-state index < -0.39 is 11.4 Å². The molecule has 0 aromatic heterocycles. The fourth-order valence-corrected chi connectivity index (χ4v) is 3.70. The second-order valence-corrected chi connectivity index (χ2v) is 9.33. The van der Waals surface area contributed by atoms with Crippen molar-refractivity contribution in [2.75, 3.05) is 6.54 Å². The molecule has 124 valence electrons. The molecular formula is C19H24BrNOS. The van der Waals surface area contributed by atoms with E-state index in [9.17, 15) is 4.55 Å². The summed E-state index contributed by atoms with van der Waals surface area (Å²) in [4.78, 5) is 0. The van der Waals surface area contributed by atoms with Crippen molar-refractivity contribution in [2.24, 2.45) is 0 Å². The minimum absolute atomic E-state index is 0.116. The molecule has 0 heterocycles. The number of nitrogens with zero attached hydrogens (tertiary/aromatic N) is 1. The lowest BCUT2D eigenvalue weighted by molar-refractivity contribution is 0.370. The first kappa shape index (κ1) is 20.1. The van der Waals surface area contributed by atoms with Crippen LogP contribution in [0.25, 0.3) is 0 Å². The van der Waals surface area contributed by atoms with Crippen molar-refractivity contribution in [3.05, 3.63) is 34.3 Å². The molecule has 0 radical (unpaired) electrons. The topological polar surface area (TPSA) is 26.3 Å². The van der Waals surface area contributed by atoms with Crippen LogP contribution in [0.15, 0.2) is 28.7 Å². The van der Waals surface area contributed by atoms with Gasteiger partial charge in [-0.2, -0.15) is 0 Å². The molecule has 2 atom stereocenters. The Balaban J connectivity index is 3.09. The van der Waals surface area contributed by atoms with E-state index in [1.807, 2.05) is 49.3 Å². The van der Waals surface area contributed by atoms with Crippen molar-refractivity contribution < 1.29 is 4.55 Å². The van der Waals surface area contributed by atoms with Crippen LogP contribution in [-0.4, -0.2) is 26.2 Å². The molecule has 0 fully saturated rings. The largest absolute Gasteiger partial charge is 0.597 e. The van der Waals surface area contributed by atoms with Crippen molar-refractivity contribution in [3.8, 4) is 24.2 Å². The molecule has 2 nitrogen and oxygen atoms in total. The summed E-state index contributed by atoms with van der Waals surface area (Å²) in [5.41, 5.74) is 0.933. The van der Waals surface area contributed by atoms with Crippen LogP contribution in [-0.2, 0) is 11.4 Å². The quantitative estimate of drug-likeness (QED) is 0.548. The van der Waals surface area contributed by atoms with Crippen molar-refractivity contribution in [3.63, 3.8) is 0 Å². The van der Waals surface area contributed by atoms with Crippen LogP contribution in [0.2, 0.25) is 0 Å². The lowest BCUT2D eigenvalue weighted by atomic mass is 10.1. The summed E-state index contributed by atoms with van der Waals surface area (Å²) in [6.07, 6.45) is 7.29. The molecule has 0 bridgehead atoms. The number of rotatable bonds is 5. The van der Waals surface area contributed by atoms with Crippen molar-refractivity contribution in [2.45, 2.75) is 51.3 Å². The maximum atomic E-state index is 12.8. The van der Waals surface area contributed by atoms with Gasteiger partial charge in [-0.1, -0.05) is 53.1 Å². The molecular weight excluding hydrogens is 370 g/mol. The van der Waals surface area contributed by atoms with Crippen LogP contribution in [0.5, 0.6) is 0 Å². The second-order valence-electron chi connectivity index (χ2n) is 6.23. The maximum Gasteiger partial charge on any atom is 0.137 e. The predicted octanol–water partition coefficient (Wildman–Crippen LogP) is 4.37. The Bertz CT molecular complexity index is 606. The second kappa shape index (κ2) is 9.40. The summed E-state index contributed by atoms with van der Waals surface area (Å²) in [7, 11) is 0. The molecule has 1 unspecified atom stereocenters. The van der Waals surface area contributed by atoms with Gasteiger partial charge in [-0.3, -0.25) is 0 Å². The zero-order valence-electron chi connectivity index (χ0n) is 14.2. The molecule has 4 heteroatoms. The third-order valence-corrected chi connectivity index (χ3v) is 5.45. The first-order chi connectivity index (χ1) is 10.8. The molecule has 0 saturated carbocycles. The van der Waals surface area contributed by atoms with Crippen LogP contribution < -0.4 is 0 Å². The lowest BCUT2D eigenvalue weighted by Gasteiger charge is -2.34.